The molecule has 6 heavy (non-hydrogen) atoms. The Morgan fingerprint density at radius 3 is 2.17 bits per heavy atom. The van der Waals surface area contributed by atoms with Crippen LogP contribution in [0, 0.1) is 0 Å². The van der Waals surface area contributed by atoms with Crippen molar-refractivity contribution in [2.45, 2.75) is 0 Å². The standard InChI is InChI=1S/C2H4O.2ClH.Ru/c1-3-2;;;/h1H,2H3;2*1H;/q;;;+2/p-2. The zero-order valence-electron chi connectivity index (χ0n) is 3.10. The molecule has 0 aliphatic heterocycles. The van der Waals surface area contributed by atoms with Crippen LogP contribution in [0.4, 0.5) is 0 Å². The van der Waals surface area contributed by atoms with Crippen LogP contribution in [0.5, 0.6) is 0 Å². The van der Waals surface area contributed by atoms with Gasteiger partial charge in [0.1, 0.15) is 0 Å². The zero-order valence-corrected chi connectivity index (χ0v) is 6.35. The summed E-state index contributed by atoms with van der Waals surface area (Å²) in [7, 11) is 12.1. The Labute approximate surface area is 49.7 Å². The molecule has 0 aliphatic carbocycles. The number of rotatable bonds is 1. The number of hydrogen-bond donors (Lipinski definition) is 0. The fourth-order valence-corrected chi connectivity index (χ4v) is 1.12. The van der Waals surface area contributed by atoms with Crippen molar-refractivity contribution in [1.82, 2.24) is 0 Å². The minimum atomic E-state index is -1.61. The number of ether oxygens (including phenoxy) is 1. The van der Waals surface area contributed by atoms with Crippen LogP contribution in [0.25, 0.3) is 0 Å². The van der Waals surface area contributed by atoms with E-state index in [1.165, 1.54) is 11.9 Å². The van der Waals surface area contributed by atoms with Gasteiger partial charge in [0, 0.05) is 0 Å². The first-order chi connectivity index (χ1) is 2.77. The molecular weight excluding hydrogens is 212 g/mol. The molecular formula is C2H4Cl2ORu. The molecule has 0 spiro atoms. The third-order valence-electron chi connectivity index (χ3n) is 0.146. The first-order valence-corrected chi connectivity index (χ1v) is 6.59. The summed E-state index contributed by atoms with van der Waals surface area (Å²) in [4.78, 5) is 1.47. The first-order valence-electron chi connectivity index (χ1n) is 1.12. The summed E-state index contributed by atoms with van der Waals surface area (Å²) in [6.07, 6.45) is 0. The minimum absolute atomic E-state index is 1.47. The van der Waals surface area contributed by atoms with E-state index in [9.17, 15) is 0 Å². The molecule has 0 rings (SSSR count). The summed E-state index contributed by atoms with van der Waals surface area (Å²) < 4.78 is 4.48. The van der Waals surface area contributed by atoms with E-state index in [1.54, 1.807) is 0 Å². The molecule has 0 heterocycles. The van der Waals surface area contributed by atoms with Crippen LogP contribution < -0.4 is 0 Å². The van der Waals surface area contributed by atoms with Crippen molar-refractivity contribution in [3.05, 3.63) is 0 Å². The summed E-state index contributed by atoms with van der Waals surface area (Å²) in [5, 5.41) is 0. The summed E-state index contributed by atoms with van der Waals surface area (Å²) >= 11 is -1.61. The van der Waals surface area contributed by atoms with Crippen molar-refractivity contribution in [3.8, 4) is 0 Å². The molecule has 0 unspecified atom stereocenters. The Balaban J connectivity index is 3.14. The van der Waals surface area contributed by atoms with Crippen LogP contribution in [0.1, 0.15) is 0 Å². The average molecular weight is 216 g/mol. The molecule has 0 saturated carbocycles. The van der Waals surface area contributed by atoms with E-state index in [-0.39, 0.29) is 0 Å². The second kappa shape index (κ2) is 4.20. The molecule has 0 aromatic heterocycles. The van der Waals surface area contributed by atoms with Crippen LogP contribution in [0.15, 0.2) is 0 Å². The first kappa shape index (κ1) is 7.03. The van der Waals surface area contributed by atoms with Gasteiger partial charge in [0.25, 0.3) is 0 Å². The molecule has 1 nitrogen and oxygen atoms in total. The van der Waals surface area contributed by atoms with Gasteiger partial charge in [-0.2, -0.15) is 0 Å². The van der Waals surface area contributed by atoms with Crippen LogP contribution in [0.3, 0.4) is 0 Å². The van der Waals surface area contributed by atoms with Gasteiger partial charge < -0.3 is 0 Å². The molecule has 0 fully saturated rings. The average Bonchev–Trinajstić information content (AvgIpc) is 1.35. The third kappa shape index (κ3) is 5.03. The Morgan fingerprint density at radius 1 is 1.67 bits per heavy atom. The van der Waals surface area contributed by atoms with Crippen LogP contribution >= 0.6 is 19.4 Å². The maximum absolute atomic E-state index is 5.31. The fraction of sp³-hybridized carbons (Fsp3) is 0.500. The van der Waals surface area contributed by atoms with E-state index in [0.717, 1.165) is 0 Å². The van der Waals surface area contributed by atoms with E-state index in [2.05, 4.69) is 4.74 Å². The molecule has 0 saturated heterocycles. The predicted octanol–water partition coefficient (Wildman–Crippen LogP) is 1.32. The molecule has 0 amide bonds. The summed E-state index contributed by atoms with van der Waals surface area (Å²) in [6.45, 7) is 0. The van der Waals surface area contributed by atoms with Crippen LogP contribution in [-0.2, 0) is 18.3 Å². The van der Waals surface area contributed by atoms with Gasteiger partial charge in [-0.1, -0.05) is 0 Å². The molecule has 0 atom stereocenters. The van der Waals surface area contributed by atoms with Crippen molar-refractivity contribution in [1.29, 1.82) is 0 Å². The monoisotopic (exact) mass is 216 g/mol. The van der Waals surface area contributed by atoms with E-state index < -0.39 is 13.5 Å². The van der Waals surface area contributed by atoms with Crippen molar-refractivity contribution >= 4 is 24.2 Å². The molecule has 0 aromatic carbocycles. The van der Waals surface area contributed by atoms with Crippen molar-refractivity contribution in [3.63, 3.8) is 0 Å². The summed E-state index contributed by atoms with van der Waals surface area (Å²) in [5.41, 5.74) is 0. The van der Waals surface area contributed by atoms with E-state index in [0.29, 0.717) is 0 Å². The Hall–Kier alpha value is 1.03. The normalized spacial score (nSPS) is 10.8. The number of methoxy groups -OCH3 is 1. The second-order valence-corrected chi connectivity index (χ2v) is 6.16. The molecule has 0 N–H and O–H groups in total. The molecule has 0 aliphatic rings. The van der Waals surface area contributed by atoms with E-state index >= 15 is 0 Å². The molecule has 40 valence electrons. The Morgan fingerprint density at radius 2 is 2.17 bits per heavy atom. The van der Waals surface area contributed by atoms with E-state index in [1.807, 2.05) is 0 Å². The number of halogens is 2. The predicted molar refractivity (Wildman–Crippen MR) is 24.8 cm³/mol. The molecule has 4 heteroatoms. The number of hydrogen-bond acceptors (Lipinski definition) is 1. The van der Waals surface area contributed by atoms with Gasteiger partial charge in [-0.3, -0.25) is 0 Å². The van der Waals surface area contributed by atoms with Crippen molar-refractivity contribution in [2.24, 2.45) is 0 Å². The summed E-state index contributed by atoms with van der Waals surface area (Å²) in [5.74, 6) is 0. The summed E-state index contributed by atoms with van der Waals surface area (Å²) in [6, 6.07) is 0. The Bertz CT molecular complexity index is 58.6. The fourth-order valence-electron chi connectivity index (χ4n) is 0.0630. The SMILES string of the molecule is CO[CH]=[Ru]([Cl])[Cl]. The van der Waals surface area contributed by atoms with Gasteiger partial charge in [0.05, 0.1) is 0 Å². The van der Waals surface area contributed by atoms with Gasteiger partial charge in [-0.25, -0.2) is 0 Å². The molecule has 0 aromatic rings. The molecule has 0 bridgehead atoms. The van der Waals surface area contributed by atoms with Crippen LogP contribution in [-0.4, -0.2) is 11.9 Å². The third-order valence-corrected chi connectivity index (χ3v) is 1.61. The topological polar surface area (TPSA) is 9.23 Å². The zero-order chi connectivity index (χ0) is 4.99. The quantitative estimate of drug-likeness (QED) is 0.600. The second-order valence-electron chi connectivity index (χ2n) is 0.524. The van der Waals surface area contributed by atoms with Crippen molar-refractivity contribution in [2.75, 3.05) is 7.11 Å². The van der Waals surface area contributed by atoms with E-state index in [4.69, 9.17) is 19.4 Å². The van der Waals surface area contributed by atoms with Gasteiger partial charge in [0.2, 0.25) is 0 Å². The van der Waals surface area contributed by atoms with Crippen LogP contribution in [0.2, 0.25) is 0 Å². The Kier molecular flexibility index (Phi) is 4.92. The van der Waals surface area contributed by atoms with Gasteiger partial charge in [-0.15, -0.1) is 0 Å². The maximum atomic E-state index is 5.31. The van der Waals surface area contributed by atoms with Gasteiger partial charge in [0.15, 0.2) is 0 Å². The van der Waals surface area contributed by atoms with Gasteiger partial charge in [-0.05, 0) is 0 Å². The van der Waals surface area contributed by atoms with Gasteiger partial charge >= 0.3 is 49.5 Å². The molecule has 0 radical (unpaired) electrons. The van der Waals surface area contributed by atoms with Crippen molar-refractivity contribution < 1.29 is 18.3 Å².